The first-order chi connectivity index (χ1) is 7.61. The molecule has 0 unspecified atom stereocenters. The fraction of sp³-hybridized carbons (Fsp3) is 0.909. The predicted molar refractivity (Wildman–Crippen MR) is 69.4 cm³/mol. The highest BCUT2D eigenvalue weighted by Crippen LogP contribution is 2.15. The van der Waals surface area contributed by atoms with E-state index in [9.17, 15) is 13.2 Å². The molecule has 0 aliphatic heterocycles. The maximum atomic E-state index is 11.8. The lowest BCUT2D eigenvalue weighted by molar-refractivity contribution is -0.131. The lowest BCUT2D eigenvalue weighted by Gasteiger charge is -2.31. The second-order valence-electron chi connectivity index (χ2n) is 5.16. The van der Waals surface area contributed by atoms with Crippen molar-refractivity contribution >= 4 is 15.7 Å². The summed E-state index contributed by atoms with van der Waals surface area (Å²) in [7, 11) is -3.08. The van der Waals surface area contributed by atoms with Gasteiger partial charge in [0.15, 0.2) is 0 Å². The topological polar surface area (TPSA) is 80.5 Å². The second kappa shape index (κ2) is 6.35. The van der Waals surface area contributed by atoms with Crippen molar-refractivity contribution < 1.29 is 13.2 Å². The van der Waals surface area contributed by atoms with Gasteiger partial charge in [-0.3, -0.25) is 4.79 Å². The third-order valence-electron chi connectivity index (χ3n) is 2.59. The molecule has 0 spiro atoms. The summed E-state index contributed by atoms with van der Waals surface area (Å²) in [5.41, 5.74) is 5.48. The number of hydrogen-bond acceptors (Lipinski definition) is 4. The SMILES string of the molecule is CCN(CC(C)(C)CN)C(=O)CCS(C)(=O)=O. The molecule has 102 valence electrons. The minimum absolute atomic E-state index is 0.0489. The Hall–Kier alpha value is -0.620. The highest BCUT2D eigenvalue weighted by atomic mass is 32.2. The van der Waals surface area contributed by atoms with Gasteiger partial charge in [-0.05, 0) is 18.9 Å². The van der Waals surface area contributed by atoms with Gasteiger partial charge in [0.1, 0.15) is 9.84 Å². The number of nitrogens with zero attached hydrogens (tertiary/aromatic N) is 1. The first-order valence-electron chi connectivity index (χ1n) is 5.77. The van der Waals surface area contributed by atoms with Crippen molar-refractivity contribution in [1.29, 1.82) is 0 Å². The van der Waals surface area contributed by atoms with Crippen LogP contribution in [0.5, 0.6) is 0 Å². The quantitative estimate of drug-likeness (QED) is 0.715. The molecule has 0 heterocycles. The summed E-state index contributed by atoms with van der Waals surface area (Å²) < 4.78 is 22.0. The number of sulfone groups is 1. The Labute approximate surface area is 104 Å². The van der Waals surface area contributed by atoms with E-state index >= 15 is 0 Å². The summed E-state index contributed by atoms with van der Waals surface area (Å²) >= 11 is 0. The summed E-state index contributed by atoms with van der Waals surface area (Å²) in [6, 6.07) is 0. The Morgan fingerprint density at radius 2 is 1.88 bits per heavy atom. The van der Waals surface area contributed by atoms with Crippen LogP contribution in [0.2, 0.25) is 0 Å². The minimum Gasteiger partial charge on any atom is -0.342 e. The summed E-state index contributed by atoms with van der Waals surface area (Å²) in [5.74, 6) is -0.217. The molecular weight excluding hydrogens is 240 g/mol. The van der Waals surface area contributed by atoms with Crippen molar-refractivity contribution in [3.8, 4) is 0 Å². The summed E-state index contributed by atoms with van der Waals surface area (Å²) in [4.78, 5) is 13.5. The van der Waals surface area contributed by atoms with Crippen LogP contribution in [0.3, 0.4) is 0 Å². The van der Waals surface area contributed by atoms with Crippen molar-refractivity contribution in [3.05, 3.63) is 0 Å². The van der Waals surface area contributed by atoms with E-state index in [2.05, 4.69) is 0 Å². The molecule has 5 nitrogen and oxygen atoms in total. The van der Waals surface area contributed by atoms with E-state index in [4.69, 9.17) is 5.73 Å². The highest BCUT2D eigenvalue weighted by Gasteiger charge is 2.23. The van der Waals surface area contributed by atoms with Crippen LogP contribution in [-0.2, 0) is 14.6 Å². The molecule has 6 heteroatoms. The fourth-order valence-electron chi connectivity index (χ4n) is 1.39. The number of carbonyl (C=O) groups excluding carboxylic acids is 1. The van der Waals surface area contributed by atoms with Crippen molar-refractivity contribution in [1.82, 2.24) is 4.90 Å². The third kappa shape index (κ3) is 7.33. The molecule has 0 aliphatic carbocycles. The minimum atomic E-state index is -3.08. The largest absolute Gasteiger partial charge is 0.342 e. The molecule has 0 aromatic heterocycles. The van der Waals surface area contributed by atoms with Crippen LogP contribution in [0.25, 0.3) is 0 Å². The van der Waals surface area contributed by atoms with Gasteiger partial charge in [-0.1, -0.05) is 13.8 Å². The molecule has 0 radical (unpaired) electrons. The Morgan fingerprint density at radius 1 is 1.35 bits per heavy atom. The molecule has 0 saturated carbocycles. The van der Waals surface area contributed by atoms with Crippen LogP contribution in [-0.4, -0.2) is 50.9 Å². The van der Waals surface area contributed by atoms with E-state index in [1.807, 2.05) is 20.8 Å². The molecule has 0 fully saturated rings. The Bertz CT molecular complexity index is 350. The molecule has 0 aromatic carbocycles. The molecule has 0 atom stereocenters. The number of carbonyl (C=O) groups is 1. The first-order valence-corrected chi connectivity index (χ1v) is 7.83. The highest BCUT2D eigenvalue weighted by molar-refractivity contribution is 7.90. The van der Waals surface area contributed by atoms with Gasteiger partial charge in [0.25, 0.3) is 0 Å². The van der Waals surface area contributed by atoms with Crippen LogP contribution in [0.4, 0.5) is 0 Å². The Kier molecular flexibility index (Phi) is 6.12. The molecule has 0 saturated heterocycles. The van der Waals surface area contributed by atoms with Gasteiger partial charge >= 0.3 is 0 Å². The molecule has 1 amide bonds. The van der Waals surface area contributed by atoms with E-state index < -0.39 is 9.84 Å². The predicted octanol–water partition coefficient (Wildman–Crippen LogP) is 0.255. The zero-order valence-corrected chi connectivity index (χ0v) is 12.0. The van der Waals surface area contributed by atoms with Gasteiger partial charge in [0.2, 0.25) is 5.91 Å². The van der Waals surface area contributed by atoms with Crippen LogP contribution in [0, 0.1) is 5.41 Å². The third-order valence-corrected chi connectivity index (χ3v) is 3.54. The van der Waals surface area contributed by atoms with Gasteiger partial charge in [-0.2, -0.15) is 0 Å². The maximum Gasteiger partial charge on any atom is 0.223 e. The monoisotopic (exact) mass is 264 g/mol. The summed E-state index contributed by atoms with van der Waals surface area (Å²) in [5, 5.41) is 0. The Balaban J connectivity index is 4.42. The zero-order valence-electron chi connectivity index (χ0n) is 11.2. The van der Waals surface area contributed by atoms with E-state index in [1.165, 1.54) is 0 Å². The second-order valence-corrected chi connectivity index (χ2v) is 7.42. The van der Waals surface area contributed by atoms with Crippen molar-refractivity contribution in [2.24, 2.45) is 11.1 Å². The lowest BCUT2D eigenvalue weighted by Crippen LogP contribution is -2.42. The lowest BCUT2D eigenvalue weighted by atomic mass is 9.93. The van der Waals surface area contributed by atoms with Crippen molar-refractivity contribution in [2.75, 3.05) is 31.6 Å². The molecule has 17 heavy (non-hydrogen) atoms. The van der Waals surface area contributed by atoms with Crippen LogP contribution in [0.1, 0.15) is 27.2 Å². The van der Waals surface area contributed by atoms with Crippen molar-refractivity contribution in [3.63, 3.8) is 0 Å². The smallest absolute Gasteiger partial charge is 0.223 e. The summed E-state index contributed by atoms with van der Waals surface area (Å²) in [6.07, 6.45) is 1.19. The fourth-order valence-corrected chi connectivity index (χ4v) is 1.93. The molecule has 0 bridgehead atoms. The van der Waals surface area contributed by atoms with E-state index in [-0.39, 0.29) is 23.5 Å². The average Bonchev–Trinajstić information content (AvgIpc) is 2.21. The molecule has 0 aliphatic rings. The zero-order chi connectivity index (χ0) is 13.7. The van der Waals surface area contributed by atoms with Crippen LogP contribution < -0.4 is 5.73 Å². The molecule has 0 rings (SSSR count). The van der Waals surface area contributed by atoms with Crippen molar-refractivity contribution in [2.45, 2.75) is 27.2 Å². The van der Waals surface area contributed by atoms with E-state index in [0.29, 0.717) is 19.6 Å². The summed E-state index contributed by atoms with van der Waals surface area (Å²) in [6.45, 7) is 7.47. The number of amides is 1. The Morgan fingerprint density at radius 3 is 2.24 bits per heavy atom. The van der Waals surface area contributed by atoms with Gasteiger partial charge in [0, 0.05) is 25.8 Å². The van der Waals surface area contributed by atoms with Crippen LogP contribution >= 0.6 is 0 Å². The maximum absolute atomic E-state index is 11.8. The van der Waals surface area contributed by atoms with Gasteiger partial charge in [0.05, 0.1) is 5.75 Å². The van der Waals surface area contributed by atoms with Gasteiger partial charge in [-0.25, -0.2) is 8.42 Å². The standard InChI is InChI=1S/C11H24N2O3S/c1-5-13(9-11(2,3)8-12)10(14)6-7-17(4,15)16/h5-9,12H2,1-4H3. The normalized spacial score (nSPS) is 12.5. The molecule has 0 aromatic rings. The van der Waals surface area contributed by atoms with Crippen LogP contribution in [0.15, 0.2) is 0 Å². The number of nitrogens with two attached hydrogens (primary N) is 1. The average molecular weight is 264 g/mol. The first kappa shape index (κ1) is 16.4. The van der Waals surface area contributed by atoms with E-state index in [0.717, 1.165) is 6.26 Å². The van der Waals surface area contributed by atoms with Gasteiger partial charge in [-0.15, -0.1) is 0 Å². The number of rotatable bonds is 7. The van der Waals surface area contributed by atoms with E-state index in [1.54, 1.807) is 4.90 Å². The van der Waals surface area contributed by atoms with Gasteiger partial charge < -0.3 is 10.6 Å². The molecular formula is C11H24N2O3S. The molecule has 2 N–H and O–H groups in total. The number of hydrogen-bond donors (Lipinski definition) is 1.